The molecule has 0 bridgehead atoms. The molecule has 0 aliphatic carbocycles. The second-order valence-electron chi connectivity index (χ2n) is 6.93. The van der Waals surface area contributed by atoms with Gasteiger partial charge >= 0.3 is 24.0 Å². The van der Waals surface area contributed by atoms with E-state index in [0.29, 0.717) is 4.57 Å². The van der Waals surface area contributed by atoms with Crippen molar-refractivity contribution in [2.24, 2.45) is 0 Å². The van der Waals surface area contributed by atoms with E-state index >= 15 is 4.39 Å². The highest BCUT2D eigenvalue weighted by Gasteiger charge is 2.62. The summed E-state index contributed by atoms with van der Waals surface area (Å²) in [5.41, 5.74) is -2.17. The van der Waals surface area contributed by atoms with Gasteiger partial charge in [0, 0.05) is 12.3 Å². The number of aromatic amines is 1. The highest BCUT2D eigenvalue weighted by Crippen LogP contribution is 2.42. The lowest BCUT2D eigenvalue weighted by Gasteiger charge is -2.26. The molecular formula is C20H18F2N2O11. The van der Waals surface area contributed by atoms with E-state index in [1.54, 1.807) is 0 Å². The summed E-state index contributed by atoms with van der Waals surface area (Å²) in [4.78, 5) is 61.5. The predicted molar refractivity (Wildman–Crippen MR) is 107 cm³/mol. The fourth-order valence-electron chi connectivity index (χ4n) is 3.14. The summed E-state index contributed by atoms with van der Waals surface area (Å²) in [6.07, 6.45) is -7.82. The third kappa shape index (κ3) is 5.63. The average molecular weight is 500 g/mol. The number of rotatable bonds is 6. The van der Waals surface area contributed by atoms with Crippen molar-refractivity contribution in [3.8, 4) is 0 Å². The number of H-pyrrole nitrogens is 1. The summed E-state index contributed by atoms with van der Waals surface area (Å²) in [6.45, 7) is -1.26. The first-order chi connectivity index (χ1) is 16.6. The van der Waals surface area contributed by atoms with Crippen molar-refractivity contribution in [3.05, 3.63) is 68.7 Å². The number of benzene rings is 1. The summed E-state index contributed by atoms with van der Waals surface area (Å²) in [7, 11) is 1.83. The van der Waals surface area contributed by atoms with Gasteiger partial charge in [-0.25, -0.2) is 28.0 Å². The van der Waals surface area contributed by atoms with Crippen LogP contribution in [0.3, 0.4) is 0 Å². The molecule has 2 heterocycles. The van der Waals surface area contributed by atoms with E-state index in [9.17, 15) is 28.4 Å². The zero-order chi connectivity index (χ0) is 25.8. The van der Waals surface area contributed by atoms with E-state index in [-0.39, 0.29) is 5.56 Å². The lowest BCUT2D eigenvalue weighted by molar-refractivity contribution is -0.209. The monoisotopic (exact) mass is 500 g/mol. The standard InChI is InChI=1S/C20H18F2N2O11/c1-30-18(28)33-13-14(34-19(29)31-2)20(22,9-32-16(26)10-4-3-5-11(21)8-10)35-15(13)24-7-6-12(25)23-17(24)27/h3-8,13-15H,9H2,1-2H3,(H,23,25,27)/t13-,14+,15-,20-/m1/s1. The zero-order valence-corrected chi connectivity index (χ0v) is 18.1. The van der Waals surface area contributed by atoms with Gasteiger partial charge in [0.2, 0.25) is 6.10 Å². The molecule has 0 radical (unpaired) electrons. The SMILES string of the molecule is COC(=O)O[C@H]1[C@H](n2ccc(=O)[nH]c2=O)O[C@](F)(COC(=O)c2cccc(F)c2)[C@H]1OC(=O)OC. The second kappa shape index (κ2) is 10.3. The molecule has 1 aliphatic heterocycles. The number of nitrogens with zero attached hydrogens (tertiary/aromatic N) is 1. The molecule has 13 nitrogen and oxygen atoms in total. The highest BCUT2D eigenvalue weighted by molar-refractivity contribution is 5.89. The molecule has 35 heavy (non-hydrogen) atoms. The number of esters is 1. The van der Waals surface area contributed by atoms with Gasteiger partial charge in [0.05, 0.1) is 19.8 Å². The van der Waals surface area contributed by atoms with Gasteiger partial charge in [0.1, 0.15) is 5.82 Å². The van der Waals surface area contributed by atoms with Crippen molar-refractivity contribution < 1.29 is 51.6 Å². The maximum atomic E-state index is 16.1. The Hall–Kier alpha value is -4.27. The van der Waals surface area contributed by atoms with Gasteiger partial charge in [-0.2, -0.15) is 0 Å². The van der Waals surface area contributed by atoms with Gasteiger partial charge in [-0.15, -0.1) is 0 Å². The molecule has 2 aromatic rings. The first kappa shape index (κ1) is 25.4. The van der Waals surface area contributed by atoms with Crippen molar-refractivity contribution in [1.29, 1.82) is 0 Å². The number of hydrogen-bond acceptors (Lipinski definition) is 11. The summed E-state index contributed by atoms with van der Waals surface area (Å²) >= 11 is 0. The third-order valence-corrected chi connectivity index (χ3v) is 4.70. The van der Waals surface area contributed by atoms with Crippen LogP contribution in [0.4, 0.5) is 18.4 Å². The molecule has 3 rings (SSSR count). The molecule has 0 amide bonds. The molecule has 15 heteroatoms. The predicted octanol–water partition coefficient (Wildman–Crippen LogP) is 1.03. The number of aromatic nitrogens is 2. The lowest BCUT2D eigenvalue weighted by atomic mass is 10.1. The minimum absolute atomic E-state index is 0.271. The van der Waals surface area contributed by atoms with Crippen LogP contribution in [0.1, 0.15) is 16.6 Å². The van der Waals surface area contributed by atoms with E-state index in [1.165, 1.54) is 12.1 Å². The van der Waals surface area contributed by atoms with Crippen molar-refractivity contribution in [2.45, 2.75) is 24.3 Å². The van der Waals surface area contributed by atoms with Crippen LogP contribution in [-0.4, -0.2) is 66.7 Å². The molecule has 0 saturated carbocycles. The Morgan fingerprint density at radius 2 is 1.80 bits per heavy atom. The quantitative estimate of drug-likeness (QED) is 0.445. The van der Waals surface area contributed by atoms with Gasteiger partial charge in [0.25, 0.3) is 11.4 Å². The Morgan fingerprint density at radius 3 is 2.43 bits per heavy atom. The molecular weight excluding hydrogens is 482 g/mol. The Morgan fingerprint density at radius 1 is 1.11 bits per heavy atom. The molecule has 1 N–H and O–H groups in total. The number of methoxy groups -OCH3 is 2. The topological polar surface area (TPSA) is 161 Å². The molecule has 1 saturated heterocycles. The lowest BCUT2D eigenvalue weighted by Crippen LogP contribution is -2.48. The van der Waals surface area contributed by atoms with Gasteiger partial charge < -0.3 is 28.4 Å². The van der Waals surface area contributed by atoms with E-state index < -0.39 is 66.2 Å². The third-order valence-electron chi connectivity index (χ3n) is 4.70. The average Bonchev–Trinajstić information content (AvgIpc) is 3.08. The largest absolute Gasteiger partial charge is 0.508 e. The Labute approximate surface area is 194 Å². The van der Waals surface area contributed by atoms with Crippen LogP contribution in [0.25, 0.3) is 0 Å². The van der Waals surface area contributed by atoms with Crippen molar-refractivity contribution in [2.75, 3.05) is 20.8 Å². The molecule has 1 fully saturated rings. The van der Waals surface area contributed by atoms with Crippen molar-refractivity contribution in [1.82, 2.24) is 9.55 Å². The summed E-state index contributed by atoms with van der Waals surface area (Å²) in [5, 5.41) is 0. The molecule has 1 aromatic carbocycles. The number of halogens is 2. The fourth-order valence-corrected chi connectivity index (χ4v) is 3.14. The Balaban J connectivity index is 1.98. The van der Waals surface area contributed by atoms with Crippen molar-refractivity contribution >= 4 is 18.3 Å². The van der Waals surface area contributed by atoms with Crippen LogP contribution in [0.15, 0.2) is 46.1 Å². The van der Waals surface area contributed by atoms with Crippen molar-refractivity contribution in [3.63, 3.8) is 0 Å². The van der Waals surface area contributed by atoms with E-state index in [4.69, 9.17) is 18.9 Å². The van der Waals surface area contributed by atoms with E-state index in [0.717, 1.165) is 38.6 Å². The summed E-state index contributed by atoms with van der Waals surface area (Å²) in [6, 6.07) is 5.19. The van der Waals surface area contributed by atoms with Crippen LogP contribution in [-0.2, 0) is 28.4 Å². The number of ether oxygens (including phenoxy) is 6. The van der Waals surface area contributed by atoms with E-state index in [2.05, 4.69) is 9.47 Å². The minimum atomic E-state index is -3.23. The molecule has 1 aromatic heterocycles. The maximum Gasteiger partial charge on any atom is 0.508 e. The molecule has 0 unspecified atom stereocenters. The van der Waals surface area contributed by atoms with Gasteiger partial charge in [-0.3, -0.25) is 14.3 Å². The smallest absolute Gasteiger partial charge is 0.456 e. The number of carbonyl (C=O) groups excluding carboxylic acids is 3. The Kier molecular flexibility index (Phi) is 7.49. The van der Waals surface area contributed by atoms with Crippen LogP contribution < -0.4 is 11.2 Å². The van der Waals surface area contributed by atoms with Gasteiger partial charge in [-0.05, 0) is 18.2 Å². The molecule has 1 aliphatic rings. The van der Waals surface area contributed by atoms with Crippen LogP contribution in [0.2, 0.25) is 0 Å². The first-order valence-corrected chi connectivity index (χ1v) is 9.68. The summed E-state index contributed by atoms with van der Waals surface area (Å²) < 4.78 is 58.8. The molecule has 4 atom stereocenters. The minimum Gasteiger partial charge on any atom is -0.456 e. The van der Waals surface area contributed by atoms with Gasteiger partial charge in [-0.1, -0.05) is 6.07 Å². The highest BCUT2D eigenvalue weighted by atomic mass is 19.2. The summed E-state index contributed by atoms with van der Waals surface area (Å²) in [5.74, 6) is -5.16. The number of alkyl halides is 1. The number of carbonyl (C=O) groups is 3. The fraction of sp³-hybridized carbons (Fsp3) is 0.350. The maximum absolute atomic E-state index is 16.1. The van der Waals surface area contributed by atoms with Crippen LogP contribution in [0.5, 0.6) is 0 Å². The number of hydrogen-bond donors (Lipinski definition) is 1. The second-order valence-corrected chi connectivity index (χ2v) is 6.93. The van der Waals surface area contributed by atoms with Crippen LogP contribution >= 0.6 is 0 Å². The number of nitrogens with one attached hydrogen (secondary N) is 1. The van der Waals surface area contributed by atoms with E-state index in [1.807, 2.05) is 4.98 Å². The Bertz CT molecular complexity index is 1230. The zero-order valence-electron chi connectivity index (χ0n) is 18.1. The van der Waals surface area contributed by atoms with Gasteiger partial charge in [0.15, 0.2) is 18.9 Å². The normalized spacial score (nSPS) is 23.3. The van der Waals surface area contributed by atoms with Crippen LogP contribution in [0, 0.1) is 5.82 Å². The molecule has 188 valence electrons. The first-order valence-electron chi connectivity index (χ1n) is 9.68. The molecule has 0 spiro atoms.